The summed E-state index contributed by atoms with van der Waals surface area (Å²) < 4.78 is 35.6. The number of fused-ring (bicyclic) bond motifs is 4. The van der Waals surface area contributed by atoms with Crippen molar-refractivity contribution in [2.45, 2.75) is 38.0 Å². The number of hydrogen-bond donors (Lipinski definition) is 2. The van der Waals surface area contributed by atoms with E-state index in [0.717, 1.165) is 22.3 Å². The number of hydrogen-bond acceptors (Lipinski definition) is 7. The third-order valence-corrected chi connectivity index (χ3v) is 9.92. The summed E-state index contributed by atoms with van der Waals surface area (Å²) in [5.74, 6) is -0.255. The largest absolute Gasteiger partial charge is 0.477 e. The van der Waals surface area contributed by atoms with Gasteiger partial charge in [0.25, 0.3) is 15.9 Å². The van der Waals surface area contributed by atoms with Crippen LogP contribution in [-0.2, 0) is 21.2 Å². The van der Waals surface area contributed by atoms with Crippen molar-refractivity contribution in [3.63, 3.8) is 0 Å². The van der Waals surface area contributed by atoms with Crippen molar-refractivity contribution < 1.29 is 22.7 Å². The fraction of sp³-hybridized carbons (Fsp3) is 0.294. The maximum absolute atomic E-state index is 13.4. The number of benzene rings is 3. The summed E-state index contributed by atoms with van der Waals surface area (Å²) in [4.78, 5) is 37.2. The molecule has 2 N–H and O–H groups in total. The zero-order valence-electron chi connectivity index (χ0n) is 25.2. The first-order valence-corrected chi connectivity index (χ1v) is 16.4. The molecule has 45 heavy (non-hydrogen) atoms. The summed E-state index contributed by atoms with van der Waals surface area (Å²) in [6, 6.07) is 23.1. The Morgan fingerprint density at radius 3 is 2.38 bits per heavy atom. The first-order chi connectivity index (χ1) is 21.6. The number of aryl methyl sites for hydroxylation is 2. The van der Waals surface area contributed by atoms with Crippen molar-refractivity contribution in [2.24, 2.45) is 5.41 Å². The zero-order chi connectivity index (χ0) is 31.6. The fourth-order valence-electron chi connectivity index (χ4n) is 5.96. The maximum Gasteiger partial charge on any atom is 0.264 e. The lowest BCUT2D eigenvalue weighted by Gasteiger charge is -2.41. The molecular formula is C34H35N5O5S. The lowest BCUT2D eigenvalue weighted by Crippen LogP contribution is -2.50. The van der Waals surface area contributed by atoms with Crippen molar-refractivity contribution in [1.29, 1.82) is 0 Å². The Hall–Kier alpha value is -4.77. The number of rotatable bonds is 3. The average molecular weight is 626 g/mol. The van der Waals surface area contributed by atoms with Gasteiger partial charge in [-0.2, -0.15) is 4.98 Å². The molecule has 0 saturated carbocycles. The number of ether oxygens (including phenoxy) is 1. The summed E-state index contributed by atoms with van der Waals surface area (Å²) in [7, 11) is -4.12. The molecule has 1 saturated heterocycles. The Morgan fingerprint density at radius 2 is 1.64 bits per heavy atom. The number of carbonyl (C=O) groups excluding carboxylic acids is 2. The van der Waals surface area contributed by atoms with E-state index in [1.54, 1.807) is 12.1 Å². The van der Waals surface area contributed by atoms with Crippen molar-refractivity contribution >= 4 is 27.8 Å². The van der Waals surface area contributed by atoms with Crippen LogP contribution in [0.25, 0.3) is 11.3 Å². The third kappa shape index (κ3) is 6.68. The van der Waals surface area contributed by atoms with Gasteiger partial charge in [0.15, 0.2) is 0 Å². The Morgan fingerprint density at radius 1 is 0.933 bits per heavy atom. The number of likely N-dealkylation sites (tertiary alicyclic amines) is 1. The number of amides is 2. The molecular weight excluding hydrogens is 590 g/mol. The first kappa shape index (κ1) is 30.3. The molecule has 4 bridgehead atoms. The molecule has 2 aliphatic heterocycles. The van der Waals surface area contributed by atoms with E-state index in [1.165, 1.54) is 18.2 Å². The fourth-order valence-corrected chi connectivity index (χ4v) is 6.95. The van der Waals surface area contributed by atoms with Gasteiger partial charge in [-0.15, -0.1) is 0 Å². The van der Waals surface area contributed by atoms with Gasteiger partial charge in [-0.1, -0.05) is 54.6 Å². The SMILES string of the molecule is Cc1cccc(C)c1-c1cc2nc(n1)NS(=O)(=O)c1cccc(c1)C(=O)NCC1(CCN(C(=O)Cc3ccccc3)CC1)CO2. The topological polar surface area (TPSA) is 131 Å². The number of piperidine rings is 1. The minimum Gasteiger partial charge on any atom is -0.477 e. The minimum atomic E-state index is -4.12. The van der Waals surface area contributed by atoms with Gasteiger partial charge in [-0.3, -0.25) is 9.59 Å². The highest BCUT2D eigenvalue weighted by Crippen LogP contribution is 2.34. The highest BCUT2D eigenvalue weighted by atomic mass is 32.2. The van der Waals surface area contributed by atoms with Gasteiger partial charge in [0.05, 0.1) is 23.6 Å². The summed E-state index contributed by atoms with van der Waals surface area (Å²) in [5, 5.41) is 3.01. The zero-order valence-corrected chi connectivity index (χ0v) is 26.1. The van der Waals surface area contributed by atoms with E-state index < -0.39 is 21.3 Å². The molecule has 1 aromatic heterocycles. The van der Waals surface area contributed by atoms with Gasteiger partial charge in [0.2, 0.25) is 17.7 Å². The van der Waals surface area contributed by atoms with Crippen LogP contribution in [-0.4, -0.2) is 61.3 Å². The van der Waals surface area contributed by atoms with Gasteiger partial charge >= 0.3 is 0 Å². The number of nitrogens with zero attached hydrogens (tertiary/aromatic N) is 3. The molecule has 2 amide bonds. The minimum absolute atomic E-state index is 0.0599. The van der Waals surface area contributed by atoms with Crippen molar-refractivity contribution in [2.75, 3.05) is 31.0 Å². The standard InChI is InChI=1S/C34H35N5O5S/c1-23-8-6-9-24(2)31(23)28-20-29-37-33(36-28)38-45(42,43)27-13-7-12-26(19-27)32(41)35-21-34(22-44-29)14-16-39(17-15-34)30(40)18-25-10-4-3-5-11-25/h3-13,19-20H,14-18,21-22H2,1-2H3,(H,35,41)(H,36,37,38). The summed E-state index contributed by atoms with van der Waals surface area (Å²) >= 11 is 0. The van der Waals surface area contributed by atoms with Crippen LogP contribution < -0.4 is 14.8 Å². The number of aromatic nitrogens is 2. The third-order valence-electron chi connectivity index (χ3n) is 8.60. The molecule has 2 aliphatic rings. The second-order valence-electron chi connectivity index (χ2n) is 11.8. The molecule has 0 unspecified atom stereocenters. The van der Waals surface area contributed by atoms with E-state index in [-0.39, 0.29) is 41.3 Å². The number of nitrogens with one attached hydrogen (secondary N) is 2. The summed E-state index contributed by atoms with van der Waals surface area (Å²) in [6.07, 6.45) is 1.53. The summed E-state index contributed by atoms with van der Waals surface area (Å²) in [6.45, 7) is 5.45. The van der Waals surface area contributed by atoms with Crippen LogP contribution in [0, 0.1) is 19.3 Å². The van der Waals surface area contributed by atoms with Gasteiger partial charge in [0, 0.05) is 42.2 Å². The van der Waals surface area contributed by atoms with Gasteiger partial charge in [-0.05, 0) is 61.6 Å². The molecule has 1 spiro atoms. The smallest absolute Gasteiger partial charge is 0.264 e. The van der Waals surface area contributed by atoms with Crippen LogP contribution in [0.3, 0.4) is 0 Å². The van der Waals surface area contributed by atoms with Crippen molar-refractivity contribution in [3.05, 3.63) is 101 Å². The second kappa shape index (κ2) is 12.3. The molecule has 6 rings (SSSR count). The molecule has 0 radical (unpaired) electrons. The average Bonchev–Trinajstić information content (AvgIpc) is 3.03. The Kier molecular flexibility index (Phi) is 8.28. The number of sulfonamides is 1. The molecule has 3 heterocycles. The Labute approximate surface area is 262 Å². The van der Waals surface area contributed by atoms with Crippen molar-refractivity contribution in [1.82, 2.24) is 20.2 Å². The lowest BCUT2D eigenvalue weighted by atomic mass is 9.78. The van der Waals surface area contributed by atoms with Crippen molar-refractivity contribution in [3.8, 4) is 17.1 Å². The Balaban J connectivity index is 1.34. The maximum atomic E-state index is 13.4. The highest BCUT2D eigenvalue weighted by molar-refractivity contribution is 7.92. The number of anilines is 1. The molecule has 1 fully saturated rings. The lowest BCUT2D eigenvalue weighted by molar-refractivity contribution is -0.133. The quantitative estimate of drug-likeness (QED) is 0.342. The summed E-state index contributed by atoms with van der Waals surface area (Å²) in [5.41, 5.74) is 4.02. The monoisotopic (exact) mass is 625 g/mol. The van der Waals surface area contributed by atoms with Crippen LogP contribution in [0.4, 0.5) is 5.95 Å². The van der Waals surface area contributed by atoms with Gasteiger partial charge in [-0.25, -0.2) is 18.1 Å². The molecule has 3 aromatic carbocycles. The van der Waals surface area contributed by atoms with E-state index >= 15 is 0 Å². The molecule has 0 atom stereocenters. The first-order valence-electron chi connectivity index (χ1n) is 14.9. The van der Waals surface area contributed by atoms with Crippen LogP contribution in [0.5, 0.6) is 5.88 Å². The number of carbonyl (C=O) groups is 2. The van der Waals surface area contributed by atoms with Crippen LogP contribution in [0.1, 0.15) is 39.9 Å². The molecule has 0 aliphatic carbocycles. The molecule has 10 nitrogen and oxygen atoms in total. The predicted octanol–water partition coefficient (Wildman–Crippen LogP) is 4.53. The van der Waals surface area contributed by atoms with Gasteiger partial charge < -0.3 is 15.0 Å². The molecule has 11 heteroatoms. The highest BCUT2D eigenvalue weighted by Gasteiger charge is 2.38. The second-order valence-corrected chi connectivity index (χ2v) is 13.5. The molecule has 232 valence electrons. The molecule has 4 aromatic rings. The van der Waals surface area contributed by atoms with E-state index in [9.17, 15) is 18.0 Å². The Bertz CT molecular complexity index is 1830. The predicted molar refractivity (Wildman–Crippen MR) is 170 cm³/mol. The van der Waals surface area contributed by atoms with E-state index in [2.05, 4.69) is 20.0 Å². The van der Waals surface area contributed by atoms with Crippen LogP contribution >= 0.6 is 0 Å². The van der Waals surface area contributed by atoms with E-state index in [4.69, 9.17) is 4.74 Å². The van der Waals surface area contributed by atoms with Crippen LogP contribution in [0.15, 0.2) is 83.8 Å². The van der Waals surface area contributed by atoms with Crippen LogP contribution in [0.2, 0.25) is 0 Å². The van der Waals surface area contributed by atoms with E-state index in [0.29, 0.717) is 38.0 Å². The van der Waals surface area contributed by atoms with Gasteiger partial charge in [0.1, 0.15) is 0 Å². The van der Waals surface area contributed by atoms with E-state index in [1.807, 2.05) is 67.3 Å². The normalized spacial score (nSPS) is 17.4.